The van der Waals surface area contributed by atoms with Gasteiger partial charge in [-0.25, -0.2) is 4.72 Å². The summed E-state index contributed by atoms with van der Waals surface area (Å²) in [5.41, 5.74) is 0. The van der Waals surface area contributed by atoms with Crippen LogP contribution in [0.3, 0.4) is 0 Å². The van der Waals surface area contributed by atoms with Crippen molar-refractivity contribution in [1.29, 1.82) is 0 Å². The Morgan fingerprint density at radius 3 is 2.43 bits per heavy atom. The largest absolute Gasteiger partial charge is 0.396 e. The topological polar surface area (TPSA) is 69.6 Å². The number of nitrogens with zero attached hydrogens (tertiary/aromatic N) is 1. The summed E-state index contributed by atoms with van der Waals surface area (Å²) in [6.07, 6.45) is 1.50. The van der Waals surface area contributed by atoms with E-state index in [0.29, 0.717) is 19.6 Å². The molecule has 0 aromatic heterocycles. The maximum atomic E-state index is 11.5. The molecule has 0 aliphatic carbocycles. The van der Waals surface area contributed by atoms with Crippen molar-refractivity contribution >= 4 is 10.2 Å². The molecule has 6 heteroatoms. The molecule has 1 fully saturated rings. The van der Waals surface area contributed by atoms with E-state index in [0.717, 1.165) is 12.8 Å². The maximum Gasteiger partial charge on any atom is 0.279 e. The van der Waals surface area contributed by atoms with Crippen LogP contribution in [0.1, 0.15) is 19.8 Å². The lowest BCUT2D eigenvalue weighted by Crippen LogP contribution is -2.45. The average molecular weight is 222 g/mol. The molecule has 1 rings (SSSR count). The van der Waals surface area contributed by atoms with Gasteiger partial charge in [-0.1, -0.05) is 6.92 Å². The zero-order valence-electron chi connectivity index (χ0n) is 8.44. The minimum absolute atomic E-state index is 0.162. The number of hydrogen-bond acceptors (Lipinski definition) is 3. The van der Waals surface area contributed by atoms with E-state index in [1.807, 2.05) is 0 Å². The second kappa shape index (κ2) is 5.06. The molecule has 1 aliphatic rings. The van der Waals surface area contributed by atoms with E-state index in [2.05, 4.69) is 4.72 Å². The van der Waals surface area contributed by atoms with E-state index in [1.54, 1.807) is 6.92 Å². The maximum absolute atomic E-state index is 11.5. The highest BCUT2D eigenvalue weighted by Gasteiger charge is 2.26. The fourth-order valence-corrected chi connectivity index (χ4v) is 2.84. The van der Waals surface area contributed by atoms with Gasteiger partial charge in [-0.2, -0.15) is 12.7 Å². The Kier molecular flexibility index (Phi) is 4.31. The Hall–Kier alpha value is -0.170. The van der Waals surface area contributed by atoms with Crippen molar-refractivity contribution in [2.75, 3.05) is 26.2 Å². The van der Waals surface area contributed by atoms with Gasteiger partial charge in [0.05, 0.1) is 0 Å². The van der Waals surface area contributed by atoms with Crippen LogP contribution in [0, 0.1) is 5.92 Å². The van der Waals surface area contributed by atoms with Gasteiger partial charge >= 0.3 is 0 Å². The van der Waals surface area contributed by atoms with Gasteiger partial charge in [0.1, 0.15) is 0 Å². The Labute approximate surface area is 85.3 Å². The van der Waals surface area contributed by atoms with E-state index in [1.165, 1.54) is 4.31 Å². The highest BCUT2D eigenvalue weighted by Crippen LogP contribution is 2.17. The number of nitrogens with one attached hydrogen (secondary N) is 1. The summed E-state index contributed by atoms with van der Waals surface area (Å²) in [5, 5.41) is 8.90. The summed E-state index contributed by atoms with van der Waals surface area (Å²) in [6, 6.07) is 0. The van der Waals surface area contributed by atoms with Crippen LogP contribution in [0.15, 0.2) is 0 Å². The van der Waals surface area contributed by atoms with Gasteiger partial charge in [-0.05, 0) is 18.8 Å². The molecule has 84 valence electrons. The second-order valence-electron chi connectivity index (χ2n) is 3.53. The predicted molar refractivity (Wildman–Crippen MR) is 54.0 cm³/mol. The molecule has 0 saturated carbocycles. The van der Waals surface area contributed by atoms with E-state index in [4.69, 9.17) is 5.11 Å². The zero-order chi connectivity index (χ0) is 10.6. The number of aliphatic hydroxyl groups is 1. The van der Waals surface area contributed by atoms with Crippen LogP contribution >= 0.6 is 0 Å². The number of aliphatic hydroxyl groups excluding tert-OH is 1. The first kappa shape index (κ1) is 11.9. The second-order valence-corrected chi connectivity index (χ2v) is 5.28. The van der Waals surface area contributed by atoms with E-state index < -0.39 is 10.2 Å². The lowest BCUT2D eigenvalue weighted by Gasteiger charge is -2.30. The van der Waals surface area contributed by atoms with Crippen LogP contribution in [0.2, 0.25) is 0 Å². The first-order valence-corrected chi connectivity index (χ1v) is 6.39. The summed E-state index contributed by atoms with van der Waals surface area (Å²) >= 11 is 0. The van der Waals surface area contributed by atoms with Gasteiger partial charge < -0.3 is 5.11 Å². The molecule has 0 bridgehead atoms. The molecule has 0 radical (unpaired) electrons. The number of piperidine rings is 1. The third kappa shape index (κ3) is 2.91. The minimum Gasteiger partial charge on any atom is -0.396 e. The minimum atomic E-state index is -3.26. The molecule has 1 saturated heterocycles. The van der Waals surface area contributed by atoms with Crippen molar-refractivity contribution < 1.29 is 13.5 Å². The first-order chi connectivity index (χ1) is 6.60. The van der Waals surface area contributed by atoms with Crippen LogP contribution in [0.4, 0.5) is 0 Å². The van der Waals surface area contributed by atoms with Crippen LogP contribution in [-0.2, 0) is 10.2 Å². The number of rotatable bonds is 4. The molecule has 5 nitrogen and oxygen atoms in total. The highest BCUT2D eigenvalue weighted by atomic mass is 32.2. The third-order valence-corrected chi connectivity index (χ3v) is 4.20. The Balaban J connectivity index is 2.49. The van der Waals surface area contributed by atoms with Crippen molar-refractivity contribution in [1.82, 2.24) is 9.03 Å². The van der Waals surface area contributed by atoms with Crippen LogP contribution in [0.25, 0.3) is 0 Å². The van der Waals surface area contributed by atoms with Crippen molar-refractivity contribution in [2.24, 2.45) is 5.92 Å². The van der Waals surface area contributed by atoms with Crippen molar-refractivity contribution in [3.8, 4) is 0 Å². The molecule has 1 aliphatic heterocycles. The van der Waals surface area contributed by atoms with E-state index in [-0.39, 0.29) is 12.5 Å². The zero-order valence-corrected chi connectivity index (χ0v) is 9.26. The highest BCUT2D eigenvalue weighted by molar-refractivity contribution is 7.87. The molecule has 0 unspecified atom stereocenters. The Morgan fingerprint density at radius 2 is 2.00 bits per heavy atom. The molecule has 0 aromatic rings. The van der Waals surface area contributed by atoms with Gasteiger partial charge in [-0.15, -0.1) is 0 Å². The third-order valence-electron chi connectivity index (χ3n) is 2.50. The fourth-order valence-electron chi connectivity index (χ4n) is 1.61. The molecule has 0 amide bonds. The predicted octanol–water partition coefficient (Wildman–Crippen LogP) is -0.455. The molecular weight excluding hydrogens is 204 g/mol. The van der Waals surface area contributed by atoms with Gasteiger partial charge in [0.25, 0.3) is 10.2 Å². The Bertz CT molecular complexity index is 258. The van der Waals surface area contributed by atoms with E-state index >= 15 is 0 Å². The normalized spacial score (nSPS) is 21.3. The molecular formula is C8H18N2O3S. The smallest absolute Gasteiger partial charge is 0.279 e. The quantitative estimate of drug-likeness (QED) is 0.676. The van der Waals surface area contributed by atoms with Gasteiger partial charge in [0.2, 0.25) is 0 Å². The first-order valence-electron chi connectivity index (χ1n) is 4.95. The molecule has 0 spiro atoms. The Morgan fingerprint density at radius 1 is 1.43 bits per heavy atom. The molecule has 0 atom stereocenters. The monoisotopic (exact) mass is 222 g/mol. The summed E-state index contributed by atoms with van der Waals surface area (Å²) in [6.45, 7) is 3.37. The van der Waals surface area contributed by atoms with E-state index in [9.17, 15) is 8.42 Å². The average Bonchev–Trinajstić information content (AvgIpc) is 2.18. The van der Waals surface area contributed by atoms with Crippen molar-refractivity contribution in [3.05, 3.63) is 0 Å². The fraction of sp³-hybridized carbons (Fsp3) is 1.00. The van der Waals surface area contributed by atoms with Crippen LogP contribution in [-0.4, -0.2) is 44.1 Å². The van der Waals surface area contributed by atoms with Crippen molar-refractivity contribution in [3.63, 3.8) is 0 Å². The number of hydrogen-bond donors (Lipinski definition) is 2. The summed E-state index contributed by atoms with van der Waals surface area (Å²) < 4.78 is 27.0. The molecule has 0 aromatic carbocycles. The van der Waals surface area contributed by atoms with Gasteiger partial charge in [0.15, 0.2) is 0 Å². The van der Waals surface area contributed by atoms with Crippen LogP contribution < -0.4 is 4.72 Å². The molecule has 2 N–H and O–H groups in total. The molecule has 1 heterocycles. The van der Waals surface area contributed by atoms with Crippen molar-refractivity contribution in [2.45, 2.75) is 19.8 Å². The SMILES string of the molecule is CCNS(=O)(=O)N1CCC(CO)CC1. The molecule has 14 heavy (non-hydrogen) atoms. The summed E-state index contributed by atoms with van der Waals surface area (Å²) in [7, 11) is -3.26. The van der Waals surface area contributed by atoms with Gasteiger partial charge in [-0.3, -0.25) is 0 Å². The summed E-state index contributed by atoms with van der Waals surface area (Å²) in [5.74, 6) is 0.267. The lowest BCUT2D eigenvalue weighted by molar-refractivity contribution is 0.169. The lowest BCUT2D eigenvalue weighted by atomic mass is 10.00. The van der Waals surface area contributed by atoms with Gasteiger partial charge in [0, 0.05) is 26.2 Å². The summed E-state index contributed by atoms with van der Waals surface area (Å²) in [4.78, 5) is 0. The van der Waals surface area contributed by atoms with Crippen LogP contribution in [0.5, 0.6) is 0 Å². The standard InChI is InChI=1S/C8H18N2O3S/c1-2-9-14(12,13)10-5-3-8(7-11)4-6-10/h8-9,11H,2-7H2,1H3.